The Bertz CT molecular complexity index is 2490. The molecule has 0 atom stereocenters. The van der Waals surface area contributed by atoms with Crippen LogP contribution in [0.2, 0.25) is 0 Å². The van der Waals surface area contributed by atoms with Crippen molar-refractivity contribution in [1.82, 2.24) is 10.5 Å². The first-order chi connectivity index (χ1) is 31.1. The predicted octanol–water partition coefficient (Wildman–Crippen LogP) is 15.1. The van der Waals surface area contributed by atoms with Crippen LogP contribution >= 0.6 is 17.0 Å². The molecule has 0 unspecified atom stereocenters. The van der Waals surface area contributed by atoms with Crippen LogP contribution in [0.15, 0.2) is 170 Å². The molecule has 2 amide bonds. The average molecular weight is 964 g/mol. The van der Waals surface area contributed by atoms with Crippen molar-refractivity contribution < 1.29 is 30.4 Å². The SMILES string of the molecule is CC(C)Cc1ccccc1-c1cccc2[cH-]c(-c3ccccc3)cc12.CC(C)Cc1ccccc1-c1cccc2[cH-]c(-c3ccccc3)cc12.CCC(=O)N[B]NC(=O)CC.[Cl][Zr+2][Cl]. The third-order valence-corrected chi connectivity index (χ3v) is 10.7. The van der Waals surface area contributed by atoms with Crippen LogP contribution in [0.5, 0.6) is 0 Å². The summed E-state index contributed by atoms with van der Waals surface area (Å²) in [7, 11) is 11.1. The monoisotopic (exact) mass is 961 g/mol. The van der Waals surface area contributed by atoms with Gasteiger partial charge in [0.2, 0.25) is 11.8 Å². The van der Waals surface area contributed by atoms with E-state index in [0.717, 1.165) is 12.8 Å². The molecule has 64 heavy (non-hydrogen) atoms. The van der Waals surface area contributed by atoms with Crippen molar-refractivity contribution >= 4 is 57.9 Å². The molecule has 0 aliphatic rings. The fraction of sp³-hybridized carbons (Fsp3) is 0.214. The number of halogens is 2. The van der Waals surface area contributed by atoms with Crippen molar-refractivity contribution in [3.05, 3.63) is 181 Å². The minimum absolute atomic E-state index is 0.110. The van der Waals surface area contributed by atoms with Gasteiger partial charge in [-0.3, -0.25) is 9.59 Å². The van der Waals surface area contributed by atoms with Crippen molar-refractivity contribution in [1.29, 1.82) is 0 Å². The molecule has 0 heterocycles. The number of rotatable bonds is 12. The van der Waals surface area contributed by atoms with E-state index in [1.54, 1.807) is 13.8 Å². The maximum atomic E-state index is 10.6. The molecule has 0 aromatic heterocycles. The summed E-state index contributed by atoms with van der Waals surface area (Å²) in [4.78, 5) is 21.2. The van der Waals surface area contributed by atoms with Crippen molar-refractivity contribution in [2.75, 3.05) is 0 Å². The quantitative estimate of drug-likeness (QED) is 0.0947. The molecule has 8 heteroatoms. The molecule has 0 aliphatic carbocycles. The Morgan fingerprint density at radius 3 is 1.22 bits per heavy atom. The van der Waals surface area contributed by atoms with Gasteiger partial charge in [-0.05, 0) is 46.9 Å². The van der Waals surface area contributed by atoms with Crippen molar-refractivity contribution in [2.45, 2.75) is 67.2 Å². The Morgan fingerprint density at radius 1 is 0.516 bits per heavy atom. The predicted molar refractivity (Wildman–Crippen MR) is 272 cm³/mol. The van der Waals surface area contributed by atoms with Crippen molar-refractivity contribution in [3.8, 4) is 44.5 Å². The molecule has 0 fully saturated rings. The van der Waals surface area contributed by atoms with Gasteiger partial charge in [-0.25, -0.2) is 0 Å². The van der Waals surface area contributed by atoms with Gasteiger partial charge in [-0.1, -0.05) is 197 Å². The molecule has 0 aliphatic heterocycles. The first kappa shape index (κ1) is 50.0. The molecular formula is C56H58BCl2N2O2Zr. The Balaban J connectivity index is 0.000000188. The van der Waals surface area contributed by atoms with Crippen LogP contribution in [0.3, 0.4) is 0 Å². The molecule has 325 valence electrons. The summed E-state index contributed by atoms with van der Waals surface area (Å²) < 4.78 is 0. The number of benzene rings is 6. The van der Waals surface area contributed by atoms with Crippen LogP contribution in [0, 0.1) is 11.8 Å². The second kappa shape index (κ2) is 26.1. The van der Waals surface area contributed by atoms with Gasteiger partial charge in [0.05, 0.1) is 0 Å². The number of hydrogen-bond acceptors (Lipinski definition) is 2. The molecule has 0 saturated carbocycles. The standard InChI is InChI=1S/2C25H23.C6H12BN2O2.2ClH.Zr/c2*1-18(2)15-20-11-6-7-13-23(20)24-14-8-12-21-16-22(17-25(21)24)19-9-4-3-5-10-19;1-3-5(10)8-7-9-6(11)4-2;;;/h2*3-14,16-18H,15H2,1-2H3;3-4H2,1-2H3,(H,8,10)(H,9,11);2*1H;/q2*-1;;;;+4/p-2. The van der Waals surface area contributed by atoms with E-state index in [2.05, 4.69) is 208 Å². The number of carbonyl (C=O) groups excluding carboxylic acids is 2. The van der Waals surface area contributed by atoms with Crippen LogP contribution in [0.4, 0.5) is 0 Å². The molecule has 1 radical (unpaired) electrons. The molecule has 8 aromatic carbocycles. The number of carbonyl (C=O) groups is 2. The summed E-state index contributed by atoms with van der Waals surface area (Å²) in [6.07, 6.45) is 3.05. The Morgan fingerprint density at radius 2 is 0.859 bits per heavy atom. The van der Waals surface area contributed by atoms with Gasteiger partial charge in [-0.2, -0.15) is 0 Å². The van der Waals surface area contributed by atoms with E-state index >= 15 is 0 Å². The van der Waals surface area contributed by atoms with E-state index in [-0.39, 0.29) is 11.8 Å². The van der Waals surface area contributed by atoms with Crippen molar-refractivity contribution in [2.24, 2.45) is 11.8 Å². The van der Waals surface area contributed by atoms with Gasteiger partial charge in [0, 0.05) is 12.8 Å². The molecule has 4 nitrogen and oxygen atoms in total. The van der Waals surface area contributed by atoms with E-state index in [1.807, 2.05) is 0 Å². The molecule has 0 bridgehead atoms. The summed E-state index contributed by atoms with van der Waals surface area (Å²) in [5.74, 6) is 1.09. The third-order valence-electron chi connectivity index (χ3n) is 10.7. The zero-order valence-electron chi connectivity index (χ0n) is 37.8. The van der Waals surface area contributed by atoms with Gasteiger partial charge >= 0.3 is 45.4 Å². The topological polar surface area (TPSA) is 58.2 Å². The first-order valence-electron chi connectivity index (χ1n) is 22.1. The fourth-order valence-electron chi connectivity index (χ4n) is 7.74. The fourth-order valence-corrected chi connectivity index (χ4v) is 7.74. The molecular weight excluding hydrogens is 906 g/mol. The van der Waals surface area contributed by atoms with E-state index in [4.69, 9.17) is 17.0 Å². The molecule has 0 spiro atoms. The van der Waals surface area contributed by atoms with Crippen molar-refractivity contribution in [3.63, 3.8) is 0 Å². The van der Waals surface area contributed by atoms with Gasteiger partial charge in [0.1, 0.15) is 0 Å². The van der Waals surface area contributed by atoms with E-state index in [9.17, 15) is 9.59 Å². The number of hydrogen-bond donors (Lipinski definition) is 2. The normalized spacial score (nSPS) is 10.5. The van der Waals surface area contributed by atoms with Gasteiger partial charge in [0.15, 0.2) is 0 Å². The zero-order chi connectivity index (χ0) is 45.8. The first-order valence-corrected chi connectivity index (χ1v) is 28.4. The summed E-state index contributed by atoms with van der Waals surface area (Å²) in [5, 5.41) is 10.1. The average Bonchev–Trinajstić information content (AvgIpc) is 3.96. The Labute approximate surface area is 400 Å². The Hall–Kier alpha value is -4.99. The van der Waals surface area contributed by atoms with E-state index in [0.29, 0.717) is 24.7 Å². The number of nitrogens with one attached hydrogen (secondary N) is 2. The van der Waals surface area contributed by atoms with Crippen LogP contribution in [-0.4, -0.2) is 19.4 Å². The van der Waals surface area contributed by atoms with Crippen LogP contribution in [-0.2, 0) is 43.3 Å². The van der Waals surface area contributed by atoms with Gasteiger partial charge in [-0.15, -0.1) is 69.1 Å². The van der Waals surface area contributed by atoms with E-state index < -0.39 is 20.8 Å². The summed E-state index contributed by atoms with van der Waals surface area (Å²) in [6.45, 7) is 12.6. The third kappa shape index (κ3) is 14.5. The molecule has 8 aromatic rings. The maximum absolute atomic E-state index is 10.6. The van der Waals surface area contributed by atoms with Crippen LogP contribution in [0.25, 0.3) is 66.1 Å². The second-order valence-corrected chi connectivity index (χ2v) is 20.1. The summed E-state index contributed by atoms with van der Waals surface area (Å²) >= 11 is -0.826. The van der Waals surface area contributed by atoms with Crippen LogP contribution < -0.4 is 10.5 Å². The molecule has 8 rings (SSSR count). The number of amides is 2. The molecule has 2 N–H and O–H groups in total. The second-order valence-electron chi connectivity index (χ2n) is 16.4. The van der Waals surface area contributed by atoms with Gasteiger partial charge in [0.25, 0.3) is 0 Å². The molecule has 0 saturated heterocycles. The minimum atomic E-state index is -0.826. The Kier molecular flexibility index (Phi) is 20.4. The van der Waals surface area contributed by atoms with Gasteiger partial charge < -0.3 is 10.5 Å². The number of fused-ring (bicyclic) bond motifs is 2. The summed E-state index contributed by atoms with van der Waals surface area (Å²) in [6, 6.07) is 61.6. The van der Waals surface area contributed by atoms with E-state index in [1.165, 1.54) is 84.7 Å². The summed E-state index contributed by atoms with van der Waals surface area (Å²) in [5.41, 5.74) is 13.4. The van der Waals surface area contributed by atoms with Crippen LogP contribution in [0.1, 0.15) is 65.5 Å². The zero-order valence-corrected chi connectivity index (χ0v) is 41.8.